The number of hydrogen-bond acceptors (Lipinski definition) is 3. The average Bonchev–Trinajstić information content (AvgIpc) is 2.85. The van der Waals surface area contributed by atoms with Crippen LogP contribution in [0.15, 0.2) is 37.2 Å². The molecule has 0 atom stereocenters. The van der Waals surface area contributed by atoms with Gasteiger partial charge in [0.05, 0.1) is 6.54 Å². The molecule has 1 N–H and O–H groups in total. The van der Waals surface area contributed by atoms with Gasteiger partial charge in [0.15, 0.2) is 0 Å². The van der Waals surface area contributed by atoms with Gasteiger partial charge in [0.25, 0.3) is 0 Å². The van der Waals surface area contributed by atoms with E-state index in [0.29, 0.717) is 0 Å². The van der Waals surface area contributed by atoms with Crippen LogP contribution in [0.1, 0.15) is 9.75 Å². The summed E-state index contributed by atoms with van der Waals surface area (Å²) in [6.07, 6.45) is 5.61. The van der Waals surface area contributed by atoms with Gasteiger partial charge in [0.2, 0.25) is 5.95 Å². The Morgan fingerprint density at radius 2 is 2.44 bits per heavy atom. The number of aryl methyl sites for hydroxylation is 1. The van der Waals surface area contributed by atoms with Crippen molar-refractivity contribution in [2.75, 3.05) is 5.32 Å². The van der Waals surface area contributed by atoms with Crippen molar-refractivity contribution < 1.29 is 0 Å². The Hall–Kier alpha value is -1.55. The zero-order valence-corrected chi connectivity index (χ0v) is 10.1. The van der Waals surface area contributed by atoms with Gasteiger partial charge in [-0.05, 0) is 19.1 Å². The highest BCUT2D eigenvalue weighted by molar-refractivity contribution is 7.11. The van der Waals surface area contributed by atoms with Gasteiger partial charge >= 0.3 is 0 Å². The molecule has 84 valence electrons. The van der Waals surface area contributed by atoms with Crippen LogP contribution in [0.2, 0.25) is 0 Å². The lowest BCUT2D eigenvalue weighted by Crippen LogP contribution is -2.05. The lowest BCUT2D eigenvalue weighted by atomic mass is 10.4. The van der Waals surface area contributed by atoms with Crippen LogP contribution < -0.4 is 5.32 Å². The molecule has 0 amide bonds. The summed E-state index contributed by atoms with van der Waals surface area (Å²) in [4.78, 5) is 6.93. The molecular formula is C12H15N3S. The first-order valence-corrected chi connectivity index (χ1v) is 6.02. The van der Waals surface area contributed by atoms with Crippen molar-refractivity contribution in [2.45, 2.75) is 20.0 Å². The van der Waals surface area contributed by atoms with Crippen molar-refractivity contribution in [1.82, 2.24) is 9.55 Å². The fourth-order valence-electron chi connectivity index (χ4n) is 1.51. The Morgan fingerprint density at radius 3 is 3.12 bits per heavy atom. The minimum Gasteiger partial charge on any atom is -0.351 e. The van der Waals surface area contributed by atoms with Gasteiger partial charge in [-0.2, -0.15) is 0 Å². The minimum atomic E-state index is 0.784. The number of allylic oxidation sites excluding steroid dienone is 1. The molecule has 2 aromatic rings. The van der Waals surface area contributed by atoms with Crippen LogP contribution >= 0.6 is 11.3 Å². The smallest absolute Gasteiger partial charge is 0.203 e. The zero-order valence-electron chi connectivity index (χ0n) is 9.31. The molecule has 0 saturated carbocycles. The molecule has 16 heavy (non-hydrogen) atoms. The van der Waals surface area contributed by atoms with Gasteiger partial charge in [0, 0.05) is 28.7 Å². The Kier molecular flexibility index (Phi) is 3.41. The number of imidazole rings is 1. The number of nitrogens with one attached hydrogen (secondary N) is 1. The fourth-order valence-corrected chi connectivity index (χ4v) is 2.34. The molecule has 0 aliphatic carbocycles. The minimum absolute atomic E-state index is 0.784. The van der Waals surface area contributed by atoms with Crippen molar-refractivity contribution in [1.29, 1.82) is 0 Å². The van der Waals surface area contributed by atoms with E-state index in [1.165, 1.54) is 9.75 Å². The second-order valence-electron chi connectivity index (χ2n) is 3.56. The summed E-state index contributed by atoms with van der Waals surface area (Å²) in [5, 5.41) is 3.32. The van der Waals surface area contributed by atoms with Gasteiger partial charge < -0.3 is 9.88 Å². The summed E-state index contributed by atoms with van der Waals surface area (Å²) in [5.74, 6) is 0.894. The number of rotatable bonds is 5. The van der Waals surface area contributed by atoms with Crippen LogP contribution in [0.25, 0.3) is 0 Å². The molecule has 0 aliphatic heterocycles. The molecule has 2 aromatic heterocycles. The van der Waals surface area contributed by atoms with Crippen LogP contribution in [0.4, 0.5) is 5.95 Å². The molecule has 0 aliphatic rings. The predicted octanol–water partition coefficient (Wildman–Crippen LogP) is 3.05. The molecule has 0 unspecified atom stereocenters. The van der Waals surface area contributed by atoms with Crippen molar-refractivity contribution >= 4 is 17.3 Å². The second kappa shape index (κ2) is 4.99. The van der Waals surface area contributed by atoms with Gasteiger partial charge in [-0.15, -0.1) is 17.9 Å². The van der Waals surface area contributed by atoms with E-state index < -0.39 is 0 Å². The van der Waals surface area contributed by atoms with E-state index in [-0.39, 0.29) is 0 Å². The zero-order chi connectivity index (χ0) is 11.4. The molecule has 4 heteroatoms. The number of nitrogens with zero attached hydrogens (tertiary/aromatic N) is 2. The normalized spacial score (nSPS) is 10.3. The van der Waals surface area contributed by atoms with E-state index in [1.54, 1.807) is 6.20 Å². The van der Waals surface area contributed by atoms with Crippen LogP contribution in [0.3, 0.4) is 0 Å². The molecule has 0 fully saturated rings. The van der Waals surface area contributed by atoms with Gasteiger partial charge in [-0.1, -0.05) is 6.08 Å². The Bertz CT molecular complexity index is 470. The van der Waals surface area contributed by atoms with Crippen LogP contribution in [0.5, 0.6) is 0 Å². The van der Waals surface area contributed by atoms with Gasteiger partial charge in [-0.25, -0.2) is 4.98 Å². The van der Waals surface area contributed by atoms with Crippen molar-refractivity contribution in [3.05, 3.63) is 46.9 Å². The summed E-state index contributed by atoms with van der Waals surface area (Å²) >= 11 is 1.81. The number of anilines is 1. The molecule has 2 heterocycles. The van der Waals surface area contributed by atoms with Crippen molar-refractivity contribution in [3.8, 4) is 0 Å². The van der Waals surface area contributed by atoms with E-state index in [9.17, 15) is 0 Å². The fraction of sp³-hybridized carbons (Fsp3) is 0.250. The highest BCUT2D eigenvalue weighted by Gasteiger charge is 2.01. The standard InChI is InChI=1S/C12H15N3S/c1-3-7-15-8-6-13-12(15)14-9-11-5-4-10(2)16-11/h3-6,8H,1,7,9H2,2H3,(H,13,14). The van der Waals surface area contributed by atoms with E-state index in [2.05, 4.69) is 35.9 Å². The highest BCUT2D eigenvalue weighted by atomic mass is 32.1. The molecule has 0 bridgehead atoms. The monoisotopic (exact) mass is 233 g/mol. The van der Waals surface area contributed by atoms with E-state index in [4.69, 9.17) is 0 Å². The van der Waals surface area contributed by atoms with E-state index in [1.807, 2.05) is 28.2 Å². The SMILES string of the molecule is C=CCn1ccnc1NCc1ccc(C)s1. The largest absolute Gasteiger partial charge is 0.351 e. The topological polar surface area (TPSA) is 29.9 Å². The maximum absolute atomic E-state index is 4.27. The first-order chi connectivity index (χ1) is 7.79. The predicted molar refractivity (Wildman–Crippen MR) is 68.8 cm³/mol. The molecule has 0 aromatic carbocycles. The first-order valence-electron chi connectivity index (χ1n) is 5.21. The third-order valence-electron chi connectivity index (χ3n) is 2.26. The summed E-state index contributed by atoms with van der Waals surface area (Å²) in [6, 6.07) is 4.28. The summed E-state index contributed by atoms with van der Waals surface area (Å²) in [7, 11) is 0. The van der Waals surface area contributed by atoms with E-state index in [0.717, 1.165) is 19.0 Å². The molecule has 0 radical (unpaired) electrons. The third-order valence-corrected chi connectivity index (χ3v) is 3.26. The average molecular weight is 233 g/mol. The van der Waals surface area contributed by atoms with Crippen LogP contribution in [0, 0.1) is 6.92 Å². The van der Waals surface area contributed by atoms with Gasteiger partial charge in [0.1, 0.15) is 0 Å². The summed E-state index contributed by atoms with van der Waals surface area (Å²) in [5.41, 5.74) is 0. The summed E-state index contributed by atoms with van der Waals surface area (Å²) < 4.78 is 2.04. The summed E-state index contributed by atoms with van der Waals surface area (Å²) in [6.45, 7) is 7.45. The third kappa shape index (κ3) is 2.52. The second-order valence-corrected chi connectivity index (χ2v) is 4.93. The maximum atomic E-state index is 4.27. The van der Waals surface area contributed by atoms with E-state index >= 15 is 0 Å². The van der Waals surface area contributed by atoms with Gasteiger partial charge in [-0.3, -0.25) is 0 Å². The van der Waals surface area contributed by atoms with Crippen molar-refractivity contribution in [2.24, 2.45) is 0 Å². The number of thiophene rings is 1. The quantitative estimate of drug-likeness (QED) is 0.804. The Balaban J connectivity index is 1.98. The Morgan fingerprint density at radius 1 is 1.56 bits per heavy atom. The number of aromatic nitrogens is 2. The first kappa shape index (κ1) is 11.0. The molecule has 0 saturated heterocycles. The lowest BCUT2D eigenvalue weighted by Gasteiger charge is -2.06. The van der Waals surface area contributed by atoms with Crippen LogP contribution in [-0.4, -0.2) is 9.55 Å². The van der Waals surface area contributed by atoms with Crippen molar-refractivity contribution in [3.63, 3.8) is 0 Å². The lowest BCUT2D eigenvalue weighted by molar-refractivity contribution is 0.821. The molecule has 3 nitrogen and oxygen atoms in total. The highest BCUT2D eigenvalue weighted by Crippen LogP contribution is 2.16. The molecule has 2 rings (SSSR count). The van der Waals surface area contributed by atoms with Crippen LogP contribution in [-0.2, 0) is 13.1 Å². The maximum Gasteiger partial charge on any atom is 0.203 e. The molecule has 0 spiro atoms. The Labute approximate surface area is 99.5 Å². The number of hydrogen-bond donors (Lipinski definition) is 1. The molecular weight excluding hydrogens is 218 g/mol.